The average Bonchev–Trinajstić information content (AvgIpc) is 3.26. The van der Waals surface area contributed by atoms with Crippen LogP contribution in [0.1, 0.15) is 11.1 Å². The zero-order valence-electron chi connectivity index (χ0n) is 16.1. The van der Waals surface area contributed by atoms with Gasteiger partial charge in [0.15, 0.2) is 17.5 Å². The van der Waals surface area contributed by atoms with Crippen molar-refractivity contribution < 1.29 is 17.9 Å². The molecule has 0 aliphatic rings. The standard InChI is InChI=1S/C23H16F3N3OS/c24-19-10-18(11-20(25)22(19)26)30-13-16-8-6-15(7-9-16)12-27-29-23-28-21(14-31-23)17-4-2-1-3-5-17/h1-12,14H,13H2,(H,28,29). The Morgan fingerprint density at radius 2 is 1.68 bits per heavy atom. The molecule has 3 aromatic carbocycles. The van der Waals surface area contributed by atoms with E-state index in [2.05, 4.69) is 15.5 Å². The van der Waals surface area contributed by atoms with Gasteiger partial charge in [0.1, 0.15) is 12.4 Å². The molecule has 0 radical (unpaired) electrons. The summed E-state index contributed by atoms with van der Waals surface area (Å²) in [5.41, 5.74) is 6.46. The predicted molar refractivity (Wildman–Crippen MR) is 116 cm³/mol. The van der Waals surface area contributed by atoms with Crippen molar-refractivity contribution in [2.45, 2.75) is 6.61 Å². The SMILES string of the molecule is Fc1cc(OCc2ccc(C=NNc3nc(-c4ccccc4)cs3)cc2)cc(F)c1F. The molecule has 1 aromatic heterocycles. The molecule has 0 amide bonds. The Labute approximate surface area is 180 Å². The highest BCUT2D eigenvalue weighted by Gasteiger charge is 2.11. The molecule has 0 aliphatic carbocycles. The molecular formula is C23H16F3N3OS. The lowest BCUT2D eigenvalue weighted by atomic mass is 10.1. The highest BCUT2D eigenvalue weighted by Crippen LogP contribution is 2.24. The van der Waals surface area contributed by atoms with E-state index < -0.39 is 17.5 Å². The van der Waals surface area contributed by atoms with Gasteiger partial charge in [0, 0.05) is 23.1 Å². The lowest BCUT2D eigenvalue weighted by Crippen LogP contribution is -1.99. The molecule has 0 saturated carbocycles. The molecule has 4 rings (SSSR count). The summed E-state index contributed by atoms with van der Waals surface area (Å²) in [5, 5.41) is 6.83. The number of nitrogens with zero attached hydrogens (tertiary/aromatic N) is 2. The molecule has 0 unspecified atom stereocenters. The first-order valence-corrected chi connectivity index (χ1v) is 10.1. The van der Waals surface area contributed by atoms with Gasteiger partial charge in [0.05, 0.1) is 11.9 Å². The van der Waals surface area contributed by atoms with Gasteiger partial charge in [-0.25, -0.2) is 18.2 Å². The molecule has 1 N–H and O–H groups in total. The molecule has 156 valence electrons. The van der Waals surface area contributed by atoms with Gasteiger partial charge in [-0.15, -0.1) is 11.3 Å². The van der Waals surface area contributed by atoms with Gasteiger partial charge in [-0.3, -0.25) is 5.43 Å². The van der Waals surface area contributed by atoms with Crippen molar-refractivity contribution in [3.63, 3.8) is 0 Å². The second kappa shape index (κ2) is 9.44. The summed E-state index contributed by atoms with van der Waals surface area (Å²) in [5.74, 6) is -4.17. The lowest BCUT2D eigenvalue weighted by molar-refractivity contribution is 0.299. The van der Waals surface area contributed by atoms with Crippen LogP contribution in [0.25, 0.3) is 11.3 Å². The summed E-state index contributed by atoms with van der Waals surface area (Å²) in [7, 11) is 0. The van der Waals surface area contributed by atoms with Crippen LogP contribution < -0.4 is 10.2 Å². The molecule has 8 heteroatoms. The van der Waals surface area contributed by atoms with Crippen LogP contribution in [0.3, 0.4) is 0 Å². The number of anilines is 1. The minimum atomic E-state index is -1.52. The van der Waals surface area contributed by atoms with E-state index in [4.69, 9.17) is 4.74 Å². The Kier molecular flexibility index (Phi) is 6.28. The van der Waals surface area contributed by atoms with Crippen molar-refractivity contribution in [1.82, 2.24) is 4.98 Å². The Hall–Kier alpha value is -3.65. The van der Waals surface area contributed by atoms with Gasteiger partial charge in [0.2, 0.25) is 5.13 Å². The van der Waals surface area contributed by atoms with Crippen molar-refractivity contribution in [3.05, 3.63) is 101 Å². The van der Waals surface area contributed by atoms with E-state index in [1.807, 2.05) is 47.8 Å². The van der Waals surface area contributed by atoms with Crippen LogP contribution in [-0.4, -0.2) is 11.2 Å². The quantitative estimate of drug-likeness (QED) is 0.210. The summed E-state index contributed by atoms with van der Waals surface area (Å²) >= 11 is 1.46. The average molecular weight is 439 g/mol. The number of aromatic nitrogens is 1. The van der Waals surface area contributed by atoms with E-state index in [-0.39, 0.29) is 12.4 Å². The number of hydrogen-bond acceptors (Lipinski definition) is 5. The molecule has 0 fully saturated rings. The van der Waals surface area contributed by atoms with Crippen molar-refractivity contribution in [2.24, 2.45) is 5.10 Å². The maximum Gasteiger partial charge on any atom is 0.203 e. The predicted octanol–water partition coefficient (Wildman–Crippen LogP) is 6.25. The van der Waals surface area contributed by atoms with E-state index in [0.29, 0.717) is 5.13 Å². The van der Waals surface area contributed by atoms with Crippen LogP contribution in [0.15, 0.2) is 77.2 Å². The van der Waals surface area contributed by atoms with Crippen LogP contribution in [0, 0.1) is 17.5 Å². The van der Waals surface area contributed by atoms with Crippen LogP contribution >= 0.6 is 11.3 Å². The summed E-state index contributed by atoms with van der Waals surface area (Å²) in [6, 6.07) is 18.8. The van der Waals surface area contributed by atoms with Gasteiger partial charge >= 0.3 is 0 Å². The fraction of sp³-hybridized carbons (Fsp3) is 0.0435. The third-order valence-electron chi connectivity index (χ3n) is 4.29. The zero-order valence-corrected chi connectivity index (χ0v) is 16.9. The molecule has 31 heavy (non-hydrogen) atoms. The van der Waals surface area contributed by atoms with Crippen LogP contribution in [-0.2, 0) is 6.61 Å². The molecule has 0 saturated heterocycles. The maximum atomic E-state index is 13.2. The minimum Gasteiger partial charge on any atom is -0.489 e. The van der Waals surface area contributed by atoms with E-state index in [1.54, 1.807) is 18.3 Å². The fourth-order valence-electron chi connectivity index (χ4n) is 2.71. The first-order chi connectivity index (χ1) is 15.1. The van der Waals surface area contributed by atoms with Crippen molar-refractivity contribution in [1.29, 1.82) is 0 Å². The first kappa shape index (κ1) is 20.6. The molecular weight excluding hydrogens is 423 g/mol. The number of nitrogens with one attached hydrogen (secondary N) is 1. The van der Waals surface area contributed by atoms with Crippen molar-refractivity contribution in [2.75, 3.05) is 5.43 Å². The molecule has 0 aliphatic heterocycles. The molecule has 0 atom stereocenters. The number of thiazole rings is 1. The molecule has 0 bridgehead atoms. The summed E-state index contributed by atoms with van der Waals surface area (Å²) in [4.78, 5) is 4.50. The Balaban J connectivity index is 1.31. The largest absolute Gasteiger partial charge is 0.489 e. The first-order valence-electron chi connectivity index (χ1n) is 9.25. The Morgan fingerprint density at radius 3 is 2.39 bits per heavy atom. The smallest absolute Gasteiger partial charge is 0.203 e. The Bertz CT molecular complexity index is 1170. The van der Waals surface area contributed by atoms with Crippen LogP contribution in [0.4, 0.5) is 18.3 Å². The number of rotatable bonds is 7. The van der Waals surface area contributed by atoms with E-state index in [1.165, 1.54) is 11.3 Å². The van der Waals surface area contributed by atoms with E-state index in [0.717, 1.165) is 34.5 Å². The third kappa shape index (κ3) is 5.29. The number of halogens is 3. The number of ether oxygens (including phenoxy) is 1. The minimum absolute atomic E-state index is 0.0791. The molecule has 4 aromatic rings. The van der Waals surface area contributed by atoms with E-state index >= 15 is 0 Å². The van der Waals surface area contributed by atoms with Gasteiger partial charge in [-0.05, 0) is 11.1 Å². The van der Waals surface area contributed by atoms with Gasteiger partial charge in [0.25, 0.3) is 0 Å². The van der Waals surface area contributed by atoms with Crippen LogP contribution in [0.5, 0.6) is 5.75 Å². The highest BCUT2D eigenvalue weighted by molar-refractivity contribution is 7.14. The number of hydrogen-bond donors (Lipinski definition) is 1. The molecule has 4 nitrogen and oxygen atoms in total. The summed E-state index contributed by atoms with van der Waals surface area (Å²) in [6.45, 7) is 0.0849. The lowest BCUT2D eigenvalue weighted by Gasteiger charge is -2.07. The van der Waals surface area contributed by atoms with Gasteiger partial charge in [-0.2, -0.15) is 5.10 Å². The zero-order chi connectivity index (χ0) is 21.6. The number of benzene rings is 3. The monoisotopic (exact) mass is 439 g/mol. The second-order valence-electron chi connectivity index (χ2n) is 6.51. The maximum absolute atomic E-state index is 13.2. The number of hydrazone groups is 1. The topological polar surface area (TPSA) is 46.5 Å². The third-order valence-corrected chi connectivity index (χ3v) is 5.04. The summed E-state index contributed by atoms with van der Waals surface area (Å²) < 4.78 is 44.8. The fourth-order valence-corrected chi connectivity index (χ4v) is 3.38. The molecule has 1 heterocycles. The van der Waals surface area contributed by atoms with Crippen molar-refractivity contribution in [3.8, 4) is 17.0 Å². The molecule has 0 spiro atoms. The van der Waals surface area contributed by atoms with Gasteiger partial charge in [-0.1, -0.05) is 54.6 Å². The van der Waals surface area contributed by atoms with E-state index in [9.17, 15) is 13.2 Å². The second-order valence-corrected chi connectivity index (χ2v) is 7.36. The normalized spacial score (nSPS) is 11.1. The van der Waals surface area contributed by atoms with Crippen molar-refractivity contribution >= 4 is 22.7 Å². The highest BCUT2D eigenvalue weighted by atomic mass is 32.1. The van der Waals surface area contributed by atoms with Gasteiger partial charge < -0.3 is 4.74 Å². The summed E-state index contributed by atoms with van der Waals surface area (Å²) in [6.07, 6.45) is 1.65. The van der Waals surface area contributed by atoms with Crippen LogP contribution in [0.2, 0.25) is 0 Å². The Morgan fingerprint density at radius 1 is 0.968 bits per heavy atom.